The van der Waals surface area contributed by atoms with Gasteiger partial charge in [-0.25, -0.2) is 4.39 Å². The summed E-state index contributed by atoms with van der Waals surface area (Å²) >= 11 is 0. The second-order valence-electron chi connectivity index (χ2n) is 7.51. The van der Waals surface area contributed by atoms with Crippen molar-refractivity contribution in [2.45, 2.75) is 25.8 Å². The van der Waals surface area contributed by atoms with E-state index in [2.05, 4.69) is 32.5 Å². The van der Waals surface area contributed by atoms with Gasteiger partial charge in [-0.05, 0) is 68.2 Å². The number of likely N-dealkylation sites (tertiary alicyclic amines) is 1. The highest BCUT2D eigenvalue weighted by Gasteiger charge is 2.24. The minimum absolute atomic E-state index is 0.157. The summed E-state index contributed by atoms with van der Waals surface area (Å²) in [5.74, 6) is -0.446. The van der Waals surface area contributed by atoms with Crippen molar-refractivity contribution in [1.82, 2.24) is 20.4 Å². The number of hydrogen-bond acceptors (Lipinski definition) is 3. The number of aromatic amines is 1. The van der Waals surface area contributed by atoms with Gasteiger partial charge in [-0.1, -0.05) is 30.3 Å². The lowest BCUT2D eigenvalue weighted by atomic mass is 10.1. The summed E-state index contributed by atoms with van der Waals surface area (Å²) in [6.07, 6.45) is 2.39. The monoisotopic (exact) mass is 392 g/mol. The third-order valence-corrected chi connectivity index (χ3v) is 5.50. The zero-order chi connectivity index (χ0) is 20.2. The first-order valence-electron chi connectivity index (χ1n) is 10.0. The minimum atomic E-state index is -0.254. The smallest absolute Gasteiger partial charge is 0.269 e. The SMILES string of the molecule is Cc1cc(-c2cc(C(=O)NCC(c3ccccc3)N3CCCC3)[nH]n2)ccc1F. The normalized spacial score (nSPS) is 15.4. The van der Waals surface area contributed by atoms with Crippen LogP contribution in [0.4, 0.5) is 4.39 Å². The van der Waals surface area contributed by atoms with Gasteiger partial charge in [0.2, 0.25) is 0 Å². The molecule has 1 aliphatic rings. The summed E-state index contributed by atoms with van der Waals surface area (Å²) in [6, 6.07) is 17.0. The Hall–Kier alpha value is -2.99. The lowest BCUT2D eigenvalue weighted by molar-refractivity contribution is 0.0933. The number of rotatable bonds is 6. The Balaban J connectivity index is 1.46. The maximum atomic E-state index is 13.5. The molecule has 1 unspecified atom stereocenters. The van der Waals surface area contributed by atoms with E-state index in [-0.39, 0.29) is 17.8 Å². The molecule has 1 atom stereocenters. The van der Waals surface area contributed by atoms with Gasteiger partial charge in [0.25, 0.3) is 5.91 Å². The topological polar surface area (TPSA) is 61.0 Å². The average molecular weight is 392 g/mol. The maximum Gasteiger partial charge on any atom is 0.269 e. The van der Waals surface area contributed by atoms with Crippen LogP contribution in [0.15, 0.2) is 54.6 Å². The lowest BCUT2D eigenvalue weighted by Gasteiger charge is -2.28. The van der Waals surface area contributed by atoms with Crippen molar-refractivity contribution in [1.29, 1.82) is 0 Å². The first-order valence-corrected chi connectivity index (χ1v) is 10.0. The summed E-state index contributed by atoms with van der Waals surface area (Å²) < 4.78 is 13.5. The van der Waals surface area contributed by atoms with Gasteiger partial charge in [0, 0.05) is 12.1 Å². The zero-order valence-electron chi connectivity index (χ0n) is 16.5. The van der Waals surface area contributed by atoms with Crippen molar-refractivity contribution >= 4 is 5.91 Å². The molecule has 0 radical (unpaired) electrons. The first kappa shape index (κ1) is 19.3. The molecule has 6 heteroatoms. The quantitative estimate of drug-likeness (QED) is 0.664. The Morgan fingerprint density at radius 1 is 1.17 bits per heavy atom. The van der Waals surface area contributed by atoms with Crippen LogP contribution >= 0.6 is 0 Å². The van der Waals surface area contributed by atoms with Gasteiger partial charge in [-0.2, -0.15) is 5.10 Å². The van der Waals surface area contributed by atoms with Gasteiger partial charge in [0.15, 0.2) is 0 Å². The van der Waals surface area contributed by atoms with E-state index in [4.69, 9.17) is 0 Å². The molecule has 0 saturated carbocycles. The number of H-pyrrole nitrogens is 1. The molecule has 5 nitrogen and oxygen atoms in total. The third-order valence-electron chi connectivity index (χ3n) is 5.50. The van der Waals surface area contributed by atoms with E-state index in [1.807, 2.05) is 18.2 Å². The summed E-state index contributed by atoms with van der Waals surface area (Å²) in [7, 11) is 0. The number of nitrogens with one attached hydrogen (secondary N) is 2. The van der Waals surface area contributed by atoms with Gasteiger partial charge in [-0.3, -0.25) is 14.8 Å². The van der Waals surface area contributed by atoms with Crippen LogP contribution in [0.1, 0.15) is 40.5 Å². The molecular weight excluding hydrogens is 367 g/mol. The molecule has 1 aromatic heterocycles. The van der Waals surface area contributed by atoms with Crippen LogP contribution in [-0.2, 0) is 0 Å². The van der Waals surface area contributed by atoms with Crippen molar-refractivity contribution in [3.8, 4) is 11.3 Å². The largest absolute Gasteiger partial charge is 0.349 e. The highest BCUT2D eigenvalue weighted by Crippen LogP contribution is 2.25. The molecule has 2 heterocycles. The first-order chi connectivity index (χ1) is 14.1. The van der Waals surface area contributed by atoms with E-state index in [0.717, 1.165) is 18.7 Å². The molecule has 4 rings (SSSR count). The van der Waals surface area contributed by atoms with Gasteiger partial charge in [0.05, 0.1) is 11.7 Å². The van der Waals surface area contributed by atoms with Gasteiger partial charge >= 0.3 is 0 Å². The number of aromatic nitrogens is 2. The van der Waals surface area contributed by atoms with Crippen LogP contribution in [0.3, 0.4) is 0 Å². The Kier molecular flexibility index (Phi) is 5.71. The Labute approximate surface area is 169 Å². The van der Waals surface area contributed by atoms with Crippen LogP contribution < -0.4 is 5.32 Å². The van der Waals surface area contributed by atoms with Crippen LogP contribution in [0.5, 0.6) is 0 Å². The van der Waals surface area contributed by atoms with Crippen LogP contribution in [0.25, 0.3) is 11.3 Å². The predicted octanol–water partition coefficient (Wildman–Crippen LogP) is 4.09. The van der Waals surface area contributed by atoms with Crippen molar-refractivity contribution in [2.24, 2.45) is 0 Å². The minimum Gasteiger partial charge on any atom is -0.349 e. The van der Waals surface area contributed by atoms with Crippen molar-refractivity contribution in [3.63, 3.8) is 0 Å². The molecule has 150 valence electrons. The van der Waals surface area contributed by atoms with Crippen molar-refractivity contribution in [3.05, 3.63) is 77.2 Å². The van der Waals surface area contributed by atoms with Gasteiger partial charge in [0.1, 0.15) is 11.5 Å². The molecule has 2 N–H and O–H groups in total. The second-order valence-corrected chi connectivity index (χ2v) is 7.51. The molecule has 1 fully saturated rings. The van der Waals surface area contributed by atoms with E-state index in [9.17, 15) is 9.18 Å². The number of hydrogen-bond donors (Lipinski definition) is 2. The van der Waals surface area contributed by atoms with E-state index < -0.39 is 0 Å². The lowest BCUT2D eigenvalue weighted by Crippen LogP contribution is -2.36. The summed E-state index contributed by atoms with van der Waals surface area (Å²) in [5.41, 5.74) is 3.56. The molecular formula is C23H25FN4O. The molecule has 0 aliphatic carbocycles. The molecule has 3 aromatic rings. The van der Waals surface area contributed by atoms with Crippen molar-refractivity contribution < 1.29 is 9.18 Å². The second kappa shape index (κ2) is 8.57. The molecule has 1 amide bonds. The fourth-order valence-corrected chi connectivity index (χ4v) is 3.86. The number of benzene rings is 2. The highest BCUT2D eigenvalue weighted by molar-refractivity contribution is 5.93. The van der Waals surface area contributed by atoms with E-state index in [1.165, 1.54) is 24.5 Å². The van der Waals surface area contributed by atoms with Crippen molar-refractivity contribution in [2.75, 3.05) is 19.6 Å². The van der Waals surface area contributed by atoms with Gasteiger partial charge in [-0.15, -0.1) is 0 Å². The standard InChI is InChI=1S/C23H25FN4O/c1-16-13-18(9-10-19(16)24)20-14-21(27-26-20)23(29)25-15-22(28-11-5-6-12-28)17-7-3-2-4-8-17/h2-4,7-10,13-14,22H,5-6,11-12,15H2,1H3,(H,25,29)(H,26,27). The molecule has 1 aliphatic heterocycles. The third kappa shape index (κ3) is 4.38. The molecule has 1 saturated heterocycles. The number of amides is 1. The van der Waals surface area contributed by atoms with Crippen LogP contribution in [0, 0.1) is 12.7 Å². The number of halogens is 1. The number of nitrogens with zero attached hydrogens (tertiary/aromatic N) is 2. The molecule has 29 heavy (non-hydrogen) atoms. The predicted molar refractivity (Wildman–Crippen MR) is 111 cm³/mol. The van der Waals surface area contributed by atoms with E-state index in [1.54, 1.807) is 25.1 Å². The van der Waals surface area contributed by atoms with E-state index >= 15 is 0 Å². The zero-order valence-corrected chi connectivity index (χ0v) is 16.5. The Bertz CT molecular complexity index is 980. The fraction of sp³-hybridized carbons (Fsp3) is 0.304. The summed E-state index contributed by atoms with van der Waals surface area (Å²) in [5, 5.41) is 10.1. The summed E-state index contributed by atoms with van der Waals surface area (Å²) in [4.78, 5) is 15.1. The number of carbonyl (C=O) groups excluding carboxylic acids is 1. The molecule has 0 spiro atoms. The highest BCUT2D eigenvalue weighted by atomic mass is 19.1. The van der Waals surface area contributed by atoms with Gasteiger partial charge < -0.3 is 5.32 Å². The Morgan fingerprint density at radius 2 is 1.93 bits per heavy atom. The average Bonchev–Trinajstić information content (AvgIpc) is 3.43. The number of aryl methyl sites for hydroxylation is 1. The van der Waals surface area contributed by atoms with Crippen LogP contribution in [0.2, 0.25) is 0 Å². The molecule has 0 bridgehead atoms. The Morgan fingerprint density at radius 3 is 2.66 bits per heavy atom. The fourth-order valence-electron chi connectivity index (χ4n) is 3.86. The maximum absolute atomic E-state index is 13.5. The van der Waals surface area contributed by atoms with Crippen LogP contribution in [-0.4, -0.2) is 40.6 Å². The number of carbonyl (C=O) groups is 1. The summed E-state index contributed by atoms with van der Waals surface area (Å²) in [6.45, 7) is 4.34. The molecule has 2 aromatic carbocycles. The van der Waals surface area contributed by atoms with E-state index in [0.29, 0.717) is 23.5 Å².